The molecule has 0 unspecified atom stereocenters. The lowest BCUT2D eigenvalue weighted by Crippen LogP contribution is -2.10. The number of furan rings is 2. The molecule has 0 aliphatic heterocycles. The van der Waals surface area contributed by atoms with Gasteiger partial charge in [-0.15, -0.1) is 0 Å². The lowest BCUT2D eigenvalue weighted by molar-refractivity contribution is 0.668. The molecule has 3 heteroatoms. The zero-order chi connectivity index (χ0) is 40.0. The van der Waals surface area contributed by atoms with Gasteiger partial charge in [-0.2, -0.15) is 0 Å². The molecule has 13 aromatic rings. The third-order valence-electron chi connectivity index (χ3n) is 12.6. The van der Waals surface area contributed by atoms with Gasteiger partial charge in [0.1, 0.15) is 16.7 Å². The molecule has 0 radical (unpaired) electrons. The van der Waals surface area contributed by atoms with E-state index in [2.05, 4.69) is 205 Å². The van der Waals surface area contributed by atoms with E-state index in [1.54, 1.807) is 0 Å². The van der Waals surface area contributed by atoms with Crippen LogP contribution in [0.4, 0.5) is 17.1 Å². The number of anilines is 3. The Hall–Kier alpha value is -8.14. The molecule has 0 atom stereocenters. The lowest BCUT2D eigenvalue weighted by atomic mass is 9.90. The van der Waals surface area contributed by atoms with Gasteiger partial charge in [-0.1, -0.05) is 158 Å². The van der Waals surface area contributed by atoms with E-state index in [-0.39, 0.29) is 0 Å². The standard InChI is InChI=1S/C58H35NO2/c1-2-13-36(14-3-1)37-25-28-40(29-26-37)59(53-23-12-22-50-48-21-10-11-24-54(48)60-57(50)53)41-30-32-49-52-33-38-15-4-5-16-42(38)56(58(52)61-55(49)35-41)39-27-31-47-45-19-7-6-17-43(45)44-18-8-9-20-46(44)51(47)34-39/h1-35H. The summed E-state index contributed by atoms with van der Waals surface area (Å²) < 4.78 is 13.8. The first kappa shape index (κ1) is 33.8. The SMILES string of the molecule is c1ccc(-c2ccc(N(c3ccc4c(c3)oc3c(-c5ccc6c7ccccc7c7ccccc7c6c5)c5ccccc5cc34)c3cccc4c3oc3ccccc34)cc2)cc1. The summed E-state index contributed by atoms with van der Waals surface area (Å²) in [5, 5.41) is 14.2. The van der Waals surface area contributed by atoms with Gasteiger partial charge in [0.05, 0.1) is 11.4 Å². The highest BCUT2D eigenvalue weighted by Gasteiger charge is 2.23. The molecule has 284 valence electrons. The van der Waals surface area contributed by atoms with Crippen LogP contribution in [0.5, 0.6) is 0 Å². The van der Waals surface area contributed by atoms with Crippen LogP contribution in [0.15, 0.2) is 221 Å². The molecule has 2 aromatic heterocycles. The van der Waals surface area contributed by atoms with Crippen molar-refractivity contribution in [2.45, 2.75) is 0 Å². The Labute approximate surface area is 350 Å². The molecule has 0 amide bonds. The molecule has 2 heterocycles. The van der Waals surface area contributed by atoms with Crippen molar-refractivity contribution in [1.82, 2.24) is 0 Å². The number of rotatable bonds is 5. The van der Waals surface area contributed by atoms with Crippen LogP contribution >= 0.6 is 0 Å². The molecule has 0 saturated carbocycles. The molecule has 3 nitrogen and oxygen atoms in total. The van der Waals surface area contributed by atoms with Crippen molar-refractivity contribution in [2.75, 3.05) is 4.90 Å². The quantitative estimate of drug-likeness (QED) is 0.163. The molecule has 0 spiro atoms. The highest BCUT2D eigenvalue weighted by atomic mass is 16.3. The molecule has 0 aliphatic rings. The number of para-hydroxylation sites is 2. The maximum atomic E-state index is 7.14. The van der Waals surface area contributed by atoms with Crippen molar-refractivity contribution in [3.8, 4) is 22.3 Å². The van der Waals surface area contributed by atoms with E-state index >= 15 is 0 Å². The van der Waals surface area contributed by atoms with Crippen LogP contribution in [0, 0.1) is 0 Å². The van der Waals surface area contributed by atoms with E-state index in [1.165, 1.54) is 43.3 Å². The maximum Gasteiger partial charge on any atom is 0.159 e. The summed E-state index contributed by atoms with van der Waals surface area (Å²) >= 11 is 0. The Morgan fingerprint density at radius 1 is 0.279 bits per heavy atom. The molecule has 61 heavy (non-hydrogen) atoms. The van der Waals surface area contributed by atoms with Crippen molar-refractivity contribution < 1.29 is 8.83 Å². The predicted molar refractivity (Wildman–Crippen MR) is 257 cm³/mol. The zero-order valence-electron chi connectivity index (χ0n) is 33.0. The minimum Gasteiger partial charge on any atom is -0.455 e. The predicted octanol–water partition coefficient (Wildman–Crippen LogP) is 16.9. The average molecular weight is 778 g/mol. The van der Waals surface area contributed by atoms with E-state index in [0.717, 1.165) is 83.0 Å². The molecule has 0 aliphatic carbocycles. The van der Waals surface area contributed by atoms with Gasteiger partial charge < -0.3 is 13.7 Å². The minimum absolute atomic E-state index is 0.823. The van der Waals surface area contributed by atoms with Gasteiger partial charge in [0.25, 0.3) is 0 Å². The first-order valence-electron chi connectivity index (χ1n) is 20.8. The normalized spacial score (nSPS) is 11.9. The van der Waals surface area contributed by atoms with Gasteiger partial charge >= 0.3 is 0 Å². The van der Waals surface area contributed by atoms with Gasteiger partial charge in [0, 0.05) is 38.9 Å². The second-order valence-corrected chi connectivity index (χ2v) is 16.0. The van der Waals surface area contributed by atoms with E-state index in [4.69, 9.17) is 8.83 Å². The van der Waals surface area contributed by atoms with E-state index in [9.17, 15) is 0 Å². The maximum absolute atomic E-state index is 7.14. The van der Waals surface area contributed by atoms with Crippen molar-refractivity contribution >= 4 is 104 Å². The third-order valence-corrected chi connectivity index (χ3v) is 12.6. The van der Waals surface area contributed by atoms with Crippen LogP contribution in [0.1, 0.15) is 0 Å². The molecule has 0 bridgehead atoms. The van der Waals surface area contributed by atoms with Crippen molar-refractivity contribution in [2.24, 2.45) is 0 Å². The fourth-order valence-electron chi connectivity index (χ4n) is 9.82. The van der Waals surface area contributed by atoms with Crippen LogP contribution < -0.4 is 4.90 Å². The van der Waals surface area contributed by atoms with Gasteiger partial charge in [0.15, 0.2) is 5.58 Å². The highest BCUT2D eigenvalue weighted by Crippen LogP contribution is 2.47. The summed E-state index contributed by atoms with van der Waals surface area (Å²) in [4.78, 5) is 2.29. The van der Waals surface area contributed by atoms with Gasteiger partial charge in [-0.3, -0.25) is 0 Å². The smallest absolute Gasteiger partial charge is 0.159 e. The highest BCUT2D eigenvalue weighted by molar-refractivity contribution is 6.27. The monoisotopic (exact) mass is 777 g/mol. The fraction of sp³-hybridized carbons (Fsp3) is 0. The summed E-state index contributed by atoms with van der Waals surface area (Å²) in [6.45, 7) is 0. The second-order valence-electron chi connectivity index (χ2n) is 16.0. The van der Waals surface area contributed by atoms with Crippen molar-refractivity contribution in [3.05, 3.63) is 212 Å². The molecule has 0 saturated heterocycles. The molecule has 0 fully saturated rings. The van der Waals surface area contributed by atoms with Crippen molar-refractivity contribution in [1.29, 1.82) is 0 Å². The van der Waals surface area contributed by atoms with E-state index in [0.29, 0.717) is 0 Å². The number of hydrogen-bond donors (Lipinski definition) is 0. The minimum atomic E-state index is 0.823. The van der Waals surface area contributed by atoms with E-state index < -0.39 is 0 Å². The largest absolute Gasteiger partial charge is 0.455 e. The Balaban J connectivity index is 1.04. The summed E-state index contributed by atoms with van der Waals surface area (Å²) in [5.74, 6) is 0. The van der Waals surface area contributed by atoms with Crippen LogP contribution in [0.3, 0.4) is 0 Å². The first-order chi connectivity index (χ1) is 30.2. The topological polar surface area (TPSA) is 29.5 Å². The number of fused-ring (bicyclic) bond motifs is 13. The average Bonchev–Trinajstić information content (AvgIpc) is 3.90. The Kier molecular flexibility index (Phi) is 7.31. The molecule has 11 aromatic carbocycles. The number of nitrogens with zero attached hydrogens (tertiary/aromatic N) is 1. The van der Waals surface area contributed by atoms with Crippen LogP contribution in [0.2, 0.25) is 0 Å². The molecular formula is C58H35NO2. The van der Waals surface area contributed by atoms with Gasteiger partial charge in [-0.25, -0.2) is 0 Å². The zero-order valence-corrected chi connectivity index (χ0v) is 33.0. The summed E-state index contributed by atoms with van der Waals surface area (Å²) in [7, 11) is 0. The summed E-state index contributed by atoms with van der Waals surface area (Å²) in [6, 6.07) is 76.1. The Bertz CT molecular complexity index is 3840. The van der Waals surface area contributed by atoms with E-state index in [1.807, 2.05) is 12.1 Å². The second kappa shape index (κ2) is 13.2. The molecule has 13 rings (SSSR count). The first-order valence-corrected chi connectivity index (χ1v) is 20.8. The summed E-state index contributed by atoms with van der Waals surface area (Å²) in [6.07, 6.45) is 0. The Morgan fingerprint density at radius 3 is 1.59 bits per heavy atom. The van der Waals surface area contributed by atoms with Crippen molar-refractivity contribution in [3.63, 3.8) is 0 Å². The lowest BCUT2D eigenvalue weighted by Gasteiger charge is -2.25. The number of benzene rings is 11. The van der Waals surface area contributed by atoms with Gasteiger partial charge in [-0.05, 0) is 108 Å². The third kappa shape index (κ3) is 5.17. The molecule has 0 N–H and O–H groups in total. The molecular weight excluding hydrogens is 743 g/mol. The van der Waals surface area contributed by atoms with Crippen LogP contribution in [-0.2, 0) is 0 Å². The number of hydrogen-bond acceptors (Lipinski definition) is 3. The Morgan fingerprint density at radius 2 is 0.820 bits per heavy atom. The van der Waals surface area contributed by atoms with Crippen LogP contribution in [0.25, 0.3) is 109 Å². The summed E-state index contributed by atoms with van der Waals surface area (Å²) in [5.41, 5.74) is 10.9. The van der Waals surface area contributed by atoms with Gasteiger partial charge in [0.2, 0.25) is 0 Å². The van der Waals surface area contributed by atoms with Crippen LogP contribution in [-0.4, -0.2) is 0 Å². The fourth-order valence-corrected chi connectivity index (χ4v) is 9.82.